The van der Waals surface area contributed by atoms with Crippen LogP contribution in [0.3, 0.4) is 0 Å². The van der Waals surface area contributed by atoms with Gasteiger partial charge >= 0.3 is 0 Å². The molecule has 1 aromatic heterocycles. The van der Waals surface area contributed by atoms with Crippen LogP contribution in [0.2, 0.25) is 0 Å². The van der Waals surface area contributed by atoms with Gasteiger partial charge in [-0.05, 0) is 31.9 Å². The number of fused-ring (bicyclic) bond motifs is 1. The van der Waals surface area contributed by atoms with Gasteiger partial charge < -0.3 is 15.2 Å². The maximum atomic E-state index is 12.2. The summed E-state index contributed by atoms with van der Waals surface area (Å²) in [5.74, 6) is 1.09. The topological polar surface area (TPSA) is 78.1 Å². The normalized spacial score (nSPS) is 18.1. The van der Waals surface area contributed by atoms with Gasteiger partial charge in [0.25, 0.3) is 0 Å². The molecule has 1 atom stereocenters. The molecule has 2 aromatic rings. The van der Waals surface area contributed by atoms with Crippen LogP contribution in [0.15, 0.2) is 24.3 Å². The summed E-state index contributed by atoms with van der Waals surface area (Å²) in [5, 5.41) is 3.00. The van der Waals surface area contributed by atoms with Crippen LogP contribution in [0.5, 0.6) is 0 Å². The lowest BCUT2D eigenvalue weighted by Crippen LogP contribution is -2.45. The van der Waals surface area contributed by atoms with Crippen molar-refractivity contribution < 1.29 is 9.59 Å². The molecule has 3 rings (SSSR count). The van der Waals surface area contributed by atoms with Crippen LogP contribution in [-0.2, 0) is 16.0 Å². The number of hydrogen-bond acceptors (Lipinski definition) is 3. The van der Waals surface area contributed by atoms with E-state index in [1.165, 1.54) is 0 Å². The molecular weight excluding hydrogens is 304 g/mol. The zero-order chi connectivity index (χ0) is 16.9. The molecule has 2 N–H and O–H groups in total. The highest BCUT2D eigenvalue weighted by atomic mass is 16.2. The van der Waals surface area contributed by atoms with Crippen molar-refractivity contribution in [2.75, 3.05) is 19.6 Å². The van der Waals surface area contributed by atoms with Gasteiger partial charge in [-0.1, -0.05) is 12.1 Å². The molecular formula is C18H24N4O2. The number of piperidine rings is 1. The van der Waals surface area contributed by atoms with Crippen LogP contribution in [0.25, 0.3) is 11.0 Å². The Balaban J connectivity index is 1.43. The molecule has 0 aliphatic carbocycles. The van der Waals surface area contributed by atoms with Gasteiger partial charge in [0.15, 0.2) is 0 Å². The van der Waals surface area contributed by atoms with Crippen LogP contribution >= 0.6 is 0 Å². The summed E-state index contributed by atoms with van der Waals surface area (Å²) in [6.45, 7) is 3.80. The summed E-state index contributed by atoms with van der Waals surface area (Å²) in [6, 6.07) is 7.96. The largest absolute Gasteiger partial charge is 0.356 e. The summed E-state index contributed by atoms with van der Waals surface area (Å²) >= 11 is 0. The molecule has 2 heterocycles. The Morgan fingerprint density at radius 2 is 2.25 bits per heavy atom. The maximum absolute atomic E-state index is 12.2. The van der Waals surface area contributed by atoms with Crippen molar-refractivity contribution >= 4 is 22.8 Å². The standard InChI is InChI=1S/C18H24N4O2/c1-2-22-12-13(9-10-17(22)23)18(24)19-11-5-8-16-20-14-6-3-4-7-15(14)21-16/h3-4,6-7,13H,2,5,8-12H2,1H3,(H,19,24)(H,20,21)/t13-/m0/s1. The number of benzene rings is 1. The van der Waals surface area contributed by atoms with Crippen LogP contribution in [-0.4, -0.2) is 46.3 Å². The predicted molar refractivity (Wildman–Crippen MR) is 92.4 cm³/mol. The number of hydrogen-bond donors (Lipinski definition) is 2. The lowest BCUT2D eigenvalue weighted by Gasteiger charge is -2.31. The van der Waals surface area contributed by atoms with Gasteiger partial charge in [0, 0.05) is 32.5 Å². The molecule has 1 aliphatic rings. The fourth-order valence-electron chi connectivity index (χ4n) is 3.17. The Hall–Kier alpha value is -2.37. The molecule has 0 saturated carbocycles. The maximum Gasteiger partial charge on any atom is 0.224 e. The van der Waals surface area contributed by atoms with E-state index >= 15 is 0 Å². The number of aromatic amines is 1. The first-order chi connectivity index (χ1) is 11.7. The molecule has 1 aromatic carbocycles. The zero-order valence-corrected chi connectivity index (χ0v) is 14.0. The Labute approximate surface area is 141 Å². The third kappa shape index (κ3) is 3.75. The van der Waals surface area contributed by atoms with Gasteiger partial charge in [0.05, 0.1) is 17.0 Å². The Morgan fingerprint density at radius 3 is 3.04 bits per heavy atom. The molecule has 128 valence electrons. The summed E-state index contributed by atoms with van der Waals surface area (Å²) in [6.07, 6.45) is 2.78. The first kappa shape index (κ1) is 16.5. The average molecular weight is 328 g/mol. The number of aromatic nitrogens is 2. The van der Waals surface area contributed by atoms with E-state index in [1.54, 1.807) is 4.90 Å². The molecule has 0 unspecified atom stereocenters. The highest BCUT2D eigenvalue weighted by molar-refractivity contribution is 5.83. The number of likely N-dealkylation sites (tertiary alicyclic amines) is 1. The molecule has 0 bridgehead atoms. The fourth-order valence-corrected chi connectivity index (χ4v) is 3.17. The van der Waals surface area contributed by atoms with Gasteiger partial charge in [0.2, 0.25) is 11.8 Å². The minimum atomic E-state index is -0.0751. The predicted octanol–water partition coefficient (Wildman–Crippen LogP) is 1.87. The first-order valence-electron chi connectivity index (χ1n) is 8.66. The van der Waals surface area contributed by atoms with E-state index in [-0.39, 0.29) is 17.7 Å². The number of rotatable bonds is 6. The number of carbonyl (C=O) groups is 2. The van der Waals surface area contributed by atoms with Crippen molar-refractivity contribution in [2.45, 2.75) is 32.6 Å². The smallest absolute Gasteiger partial charge is 0.224 e. The highest BCUT2D eigenvalue weighted by Crippen LogP contribution is 2.17. The number of carbonyl (C=O) groups excluding carboxylic acids is 2. The zero-order valence-electron chi connectivity index (χ0n) is 14.0. The molecule has 24 heavy (non-hydrogen) atoms. The molecule has 1 fully saturated rings. The SMILES string of the molecule is CCN1C[C@@H](C(=O)NCCCc2nc3ccccc3[nH]2)CCC1=O. The monoisotopic (exact) mass is 328 g/mol. The quantitative estimate of drug-likeness (QED) is 0.795. The Morgan fingerprint density at radius 1 is 1.42 bits per heavy atom. The molecule has 6 heteroatoms. The fraction of sp³-hybridized carbons (Fsp3) is 0.500. The summed E-state index contributed by atoms with van der Waals surface area (Å²) in [5.41, 5.74) is 2.02. The van der Waals surface area contributed by atoms with Crippen molar-refractivity contribution in [3.8, 4) is 0 Å². The van der Waals surface area contributed by atoms with E-state index in [2.05, 4.69) is 15.3 Å². The summed E-state index contributed by atoms with van der Waals surface area (Å²) < 4.78 is 0. The van der Waals surface area contributed by atoms with Crippen molar-refractivity contribution in [1.29, 1.82) is 0 Å². The Bertz CT molecular complexity index is 692. The van der Waals surface area contributed by atoms with Crippen LogP contribution in [0, 0.1) is 5.92 Å². The second-order valence-corrected chi connectivity index (χ2v) is 6.26. The van der Waals surface area contributed by atoms with Gasteiger partial charge in [-0.25, -0.2) is 4.98 Å². The lowest BCUT2D eigenvalue weighted by atomic mass is 9.96. The first-order valence-corrected chi connectivity index (χ1v) is 8.66. The second kappa shape index (κ2) is 7.47. The summed E-state index contributed by atoms with van der Waals surface area (Å²) in [7, 11) is 0. The van der Waals surface area contributed by atoms with Gasteiger partial charge in [-0.15, -0.1) is 0 Å². The number of nitrogens with zero attached hydrogens (tertiary/aromatic N) is 2. The molecule has 1 saturated heterocycles. The highest BCUT2D eigenvalue weighted by Gasteiger charge is 2.28. The number of imidazole rings is 1. The molecule has 6 nitrogen and oxygen atoms in total. The minimum Gasteiger partial charge on any atom is -0.356 e. The van der Waals surface area contributed by atoms with Crippen LogP contribution in [0.4, 0.5) is 0 Å². The van der Waals surface area contributed by atoms with Crippen molar-refractivity contribution in [2.24, 2.45) is 5.92 Å². The van der Waals surface area contributed by atoms with E-state index in [0.717, 1.165) is 29.7 Å². The van der Waals surface area contributed by atoms with Gasteiger partial charge in [-0.3, -0.25) is 9.59 Å². The van der Waals surface area contributed by atoms with E-state index in [1.807, 2.05) is 31.2 Å². The van der Waals surface area contributed by atoms with Crippen molar-refractivity contribution in [3.05, 3.63) is 30.1 Å². The number of H-pyrrole nitrogens is 1. The molecule has 1 aliphatic heterocycles. The van der Waals surface area contributed by atoms with Gasteiger partial charge in [0.1, 0.15) is 5.82 Å². The third-order valence-corrected chi connectivity index (χ3v) is 4.58. The number of nitrogens with one attached hydrogen (secondary N) is 2. The Kier molecular flexibility index (Phi) is 5.13. The number of para-hydroxylation sites is 2. The third-order valence-electron chi connectivity index (χ3n) is 4.58. The van der Waals surface area contributed by atoms with Gasteiger partial charge in [-0.2, -0.15) is 0 Å². The van der Waals surface area contributed by atoms with Crippen molar-refractivity contribution in [3.63, 3.8) is 0 Å². The second-order valence-electron chi connectivity index (χ2n) is 6.26. The van der Waals surface area contributed by atoms with E-state index in [0.29, 0.717) is 32.5 Å². The van der Waals surface area contributed by atoms with E-state index < -0.39 is 0 Å². The molecule has 0 radical (unpaired) electrons. The number of aryl methyl sites for hydroxylation is 1. The van der Waals surface area contributed by atoms with Crippen LogP contribution < -0.4 is 5.32 Å². The minimum absolute atomic E-state index is 0.0607. The van der Waals surface area contributed by atoms with Crippen LogP contribution in [0.1, 0.15) is 32.0 Å². The number of amides is 2. The van der Waals surface area contributed by atoms with E-state index in [9.17, 15) is 9.59 Å². The molecule has 0 spiro atoms. The molecule has 2 amide bonds. The summed E-state index contributed by atoms with van der Waals surface area (Å²) in [4.78, 5) is 33.5. The lowest BCUT2D eigenvalue weighted by molar-refractivity contribution is -0.138. The van der Waals surface area contributed by atoms with E-state index in [4.69, 9.17) is 0 Å². The van der Waals surface area contributed by atoms with Crippen molar-refractivity contribution in [1.82, 2.24) is 20.2 Å². The average Bonchev–Trinajstić information content (AvgIpc) is 3.01.